The molecule has 10 nitrogen and oxygen atoms in total. The lowest BCUT2D eigenvalue weighted by molar-refractivity contribution is -0.180. The Balaban J connectivity index is 1.03. The number of anilines is 1. The van der Waals surface area contributed by atoms with Crippen LogP contribution >= 0.6 is 0 Å². The lowest BCUT2D eigenvalue weighted by Gasteiger charge is -2.32. The highest BCUT2D eigenvalue weighted by Gasteiger charge is 2.33. The summed E-state index contributed by atoms with van der Waals surface area (Å²) >= 11 is 0. The second kappa shape index (κ2) is 13.7. The van der Waals surface area contributed by atoms with Crippen LogP contribution in [0.15, 0.2) is 42.5 Å². The molecule has 1 atom stereocenters. The Labute approximate surface area is 236 Å². The van der Waals surface area contributed by atoms with Gasteiger partial charge >= 0.3 is 6.09 Å². The molecule has 0 spiro atoms. The van der Waals surface area contributed by atoms with Crippen LogP contribution in [-0.2, 0) is 42.2 Å². The zero-order valence-corrected chi connectivity index (χ0v) is 24.3. The van der Waals surface area contributed by atoms with E-state index < -0.39 is 15.8 Å². The summed E-state index contributed by atoms with van der Waals surface area (Å²) in [5, 5.41) is 0. The predicted octanol–water partition coefficient (Wildman–Crippen LogP) is 4.99. The molecular formula is C29H40N2O8S. The van der Waals surface area contributed by atoms with Crippen molar-refractivity contribution in [1.82, 2.24) is 4.90 Å². The highest BCUT2D eigenvalue weighted by Crippen LogP contribution is 2.35. The van der Waals surface area contributed by atoms with Crippen molar-refractivity contribution >= 4 is 21.8 Å². The molecule has 2 aliphatic rings. The van der Waals surface area contributed by atoms with Gasteiger partial charge < -0.3 is 28.6 Å². The number of amides is 1. The van der Waals surface area contributed by atoms with Crippen LogP contribution in [0.1, 0.15) is 62.3 Å². The standard InChI is InChI=1S/C29H40N2O8S/c1-29(2)37-21-24-18-23(11-12-26(24)39-29)27-19-31(28(32)38-27)13-6-4-5-7-14-35-15-16-36-20-22-9-8-10-25(17-22)30-40(3,33)34/h8-12,17-18,27,30H,4-7,13-16,19-21H2,1-3H3/t27-/m0/s1. The number of hydrogen-bond acceptors (Lipinski definition) is 8. The van der Waals surface area contributed by atoms with Crippen molar-refractivity contribution in [2.45, 2.75) is 64.6 Å². The molecular weight excluding hydrogens is 536 g/mol. The SMILES string of the molecule is CC1(C)OCc2cc([C@@H]3CN(CCCCCCOCCOCc4cccc(NS(C)(=O)=O)c4)C(=O)O3)ccc2O1. The van der Waals surface area contributed by atoms with E-state index in [9.17, 15) is 13.2 Å². The van der Waals surface area contributed by atoms with Gasteiger partial charge in [-0.15, -0.1) is 0 Å². The van der Waals surface area contributed by atoms with Crippen LogP contribution < -0.4 is 9.46 Å². The topological polar surface area (TPSA) is 113 Å². The molecule has 1 N–H and O–H groups in total. The fourth-order valence-electron chi connectivity index (χ4n) is 4.63. The second-order valence-electron chi connectivity index (χ2n) is 10.6. The van der Waals surface area contributed by atoms with E-state index in [1.807, 2.05) is 38.1 Å². The lowest BCUT2D eigenvalue weighted by Crippen LogP contribution is -2.35. The van der Waals surface area contributed by atoms with Crippen LogP contribution in [0.25, 0.3) is 0 Å². The van der Waals surface area contributed by atoms with Crippen LogP contribution in [0.3, 0.4) is 0 Å². The number of sulfonamides is 1. The van der Waals surface area contributed by atoms with Crippen molar-refractivity contribution in [1.29, 1.82) is 0 Å². The molecule has 1 saturated heterocycles. The van der Waals surface area contributed by atoms with E-state index in [-0.39, 0.29) is 12.2 Å². The molecule has 40 heavy (non-hydrogen) atoms. The molecule has 2 aliphatic heterocycles. The summed E-state index contributed by atoms with van der Waals surface area (Å²) in [5.74, 6) is 0.174. The number of unbranched alkanes of at least 4 members (excludes halogenated alkanes) is 3. The molecule has 0 saturated carbocycles. The zero-order chi connectivity index (χ0) is 28.6. The maximum absolute atomic E-state index is 12.4. The fraction of sp³-hybridized carbons (Fsp3) is 0.552. The molecule has 0 aliphatic carbocycles. The van der Waals surface area contributed by atoms with Crippen LogP contribution in [0.2, 0.25) is 0 Å². The Morgan fingerprint density at radius 2 is 1.82 bits per heavy atom. The summed E-state index contributed by atoms with van der Waals surface area (Å²) in [6, 6.07) is 13.0. The van der Waals surface area contributed by atoms with E-state index in [4.69, 9.17) is 23.7 Å². The van der Waals surface area contributed by atoms with Gasteiger partial charge in [0.15, 0.2) is 0 Å². The van der Waals surface area contributed by atoms with Gasteiger partial charge in [-0.1, -0.05) is 31.0 Å². The third kappa shape index (κ3) is 9.36. The number of hydrogen-bond donors (Lipinski definition) is 1. The Bertz CT molecular complexity index is 1250. The average Bonchev–Trinajstić information content (AvgIpc) is 3.26. The van der Waals surface area contributed by atoms with Gasteiger partial charge in [0.05, 0.1) is 39.2 Å². The minimum absolute atomic E-state index is 0.266. The normalized spacial score (nSPS) is 18.2. The lowest BCUT2D eigenvalue weighted by atomic mass is 10.0. The number of nitrogens with one attached hydrogen (secondary N) is 1. The number of benzene rings is 2. The minimum atomic E-state index is -3.30. The first-order chi connectivity index (χ1) is 19.1. The van der Waals surface area contributed by atoms with Gasteiger partial charge in [0.2, 0.25) is 15.8 Å². The van der Waals surface area contributed by atoms with Gasteiger partial charge in [0.25, 0.3) is 0 Å². The van der Waals surface area contributed by atoms with Crippen molar-refractivity contribution in [2.24, 2.45) is 0 Å². The molecule has 1 amide bonds. The fourth-order valence-corrected chi connectivity index (χ4v) is 5.19. The molecule has 4 rings (SSSR count). The number of ether oxygens (including phenoxy) is 5. The first kappa shape index (κ1) is 30.1. The molecule has 0 bridgehead atoms. The summed E-state index contributed by atoms with van der Waals surface area (Å²) in [5.41, 5.74) is 3.33. The van der Waals surface area contributed by atoms with E-state index in [1.165, 1.54) is 0 Å². The summed E-state index contributed by atoms with van der Waals surface area (Å²) < 4.78 is 53.7. The minimum Gasteiger partial charge on any atom is -0.463 e. The summed E-state index contributed by atoms with van der Waals surface area (Å²) in [6.07, 6.45) is 4.47. The number of nitrogens with zero attached hydrogens (tertiary/aromatic N) is 1. The molecule has 1 fully saturated rings. The van der Waals surface area contributed by atoms with Crippen LogP contribution in [0.4, 0.5) is 10.5 Å². The molecule has 2 aromatic rings. The van der Waals surface area contributed by atoms with Gasteiger partial charge in [0, 0.05) is 38.2 Å². The smallest absolute Gasteiger partial charge is 0.410 e. The average molecular weight is 577 g/mol. The van der Waals surface area contributed by atoms with Crippen molar-refractivity contribution < 1.29 is 36.9 Å². The third-order valence-corrected chi connectivity index (χ3v) is 7.22. The Kier molecular flexibility index (Phi) is 10.3. The maximum Gasteiger partial charge on any atom is 0.410 e. The van der Waals surface area contributed by atoms with E-state index in [0.29, 0.717) is 51.8 Å². The van der Waals surface area contributed by atoms with Gasteiger partial charge in [-0.2, -0.15) is 0 Å². The van der Waals surface area contributed by atoms with E-state index in [2.05, 4.69) is 4.72 Å². The van der Waals surface area contributed by atoms with Crippen LogP contribution in [0.5, 0.6) is 5.75 Å². The summed E-state index contributed by atoms with van der Waals surface area (Å²) in [6.45, 7) is 7.48. The van der Waals surface area contributed by atoms with Crippen LogP contribution in [-0.4, -0.2) is 64.4 Å². The second-order valence-corrected chi connectivity index (χ2v) is 12.4. The molecule has 0 aromatic heterocycles. The van der Waals surface area contributed by atoms with E-state index in [1.54, 1.807) is 23.1 Å². The predicted molar refractivity (Wildman–Crippen MR) is 151 cm³/mol. The number of fused-ring (bicyclic) bond motifs is 1. The Hall–Kier alpha value is -2.86. The molecule has 11 heteroatoms. The third-order valence-electron chi connectivity index (χ3n) is 6.61. The zero-order valence-electron chi connectivity index (χ0n) is 23.5. The largest absolute Gasteiger partial charge is 0.463 e. The molecule has 0 radical (unpaired) electrons. The molecule has 2 heterocycles. The molecule has 0 unspecified atom stereocenters. The number of cyclic esters (lactones) is 1. The number of carbonyl (C=O) groups is 1. The van der Waals surface area contributed by atoms with Crippen molar-refractivity contribution in [3.8, 4) is 5.75 Å². The highest BCUT2D eigenvalue weighted by molar-refractivity contribution is 7.92. The van der Waals surface area contributed by atoms with Gasteiger partial charge in [-0.3, -0.25) is 4.72 Å². The van der Waals surface area contributed by atoms with Gasteiger partial charge in [-0.05, 0) is 48.2 Å². The summed E-state index contributed by atoms with van der Waals surface area (Å²) in [4.78, 5) is 14.2. The monoisotopic (exact) mass is 576 g/mol. The van der Waals surface area contributed by atoms with Crippen molar-refractivity contribution in [3.63, 3.8) is 0 Å². The Morgan fingerprint density at radius 1 is 1.02 bits per heavy atom. The molecule has 220 valence electrons. The Morgan fingerprint density at radius 3 is 2.65 bits per heavy atom. The van der Waals surface area contributed by atoms with Crippen molar-refractivity contribution in [3.05, 3.63) is 59.2 Å². The molecule has 2 aromatic carbocycles. The van der Waals surface area contributed by atoms with Gasteiger partial charge in [-0.25, -0.2) is 13.2 Å². The first-order valence-electron chi connectivity index (χ1n) is 13.7. The van der Waals surface area contributed by atoms with Gasteiger partial charge in [0.1, 0.15) is 11.9 Å². The number of carbonyl (C=O) groups excluding carboxylic acids is 1. The first-order valence-corrected chi connectivity index (χ1v) is 15.6. The van der Waals surface area contributed by atoms with E-state index >= 15 is 0 Å². The highest BCUT2D eigenvalue weighted by atomic mass is 32.2. The van der Waals surface area contributed by atoms with Crippen LogP contribution in [0, 0.1) is 0 Å². The quantitative estimate of drug-likeness (QED) is 0.295. The number of rotatable bonds is 15. The maximum atomic E-state index is 12.4. The summed E-state index contributed by atoms with van der Waals surface area (Å²) in [7, 11) is -3.30. The van der Waals surface area contributed by atoms with E-state index in [0.717, 1.165) is 54.4 Å². The van der Waals surface area contributed by atoms with Crippen molar-refractivity contribution in [2.75, 3.05) is 43.9 Å².